The molecule has 0 bridgehead atoms. The van der Waals surface area contributed by atoms with Crippen molar-refractivity contribution in [2.24, 2.45) is 11.8 Å². The third-order valence-corrected chi connectivity index (χ3v) is 6.75. The first-order valence-corrected chi connectivity index (χ1v) is 12.4. The normalized spacial score (nSPS) is 18.6. The number of fused-ring (bicyclic) bond motifs is 1. The summed E-state index contributed by atoms with van der Waals surface area (Å²) in [5.74, 6) is 7.80. The Balaban J connectivity index is 1.35. The number of carbonyl (C=O) groups is 1. The van der Waals surface area contributed by atoms with Gasteiger partial charge in [0.25, 0.3) is 0 Å². The molecule has 2 aliphatic rings. The molecule has 1 amide bonds. The molecule has 2 N–H and O–H groups in total. The van der Waals surface area contributed by atoms with Crippen LogP contribution in [0.25, 0.3) is 10.9 Å². The maximum atomic E-state index is 12.4. The van der Waals surface area contributed by atoms with Crippen LogP contribution in [0.1, 0.15) is 43.0 Å². The molecule has 5 rings (SSSR count). The molecule has 9 nitrogen and oxygen atoms in total. The van der Waals surface area contributed by atoms with Gasteiger partial charge in [0, 0.05) is 57.0 Å². The fourth-order valence-corrected chi connectivity index (χ4v) is 4.28. The van der Waals surface area contributed by atoms with Crippen molar-refractivity contribution in [2.75, 3.05) is 37.9 Å². The number of ether oxygens (including phenoxy) is 1. The molecule has 0 saturated heterocycles. The van der Waals surface area contributed by atoms with Crippen LogP contribution in [-0.2, 0) is 16.1 Å². The Bertz CT molecular complexity index is 1310. The van der Waals surface area contributed by atoms with Crippen LogP contribution in [0.2, 0.25) is 0 Å². The molecule has 9 heteroatoms. The third kappa shape index (κ3) is 5.61. The van der Waals surface area contributed by atoms with Crippen molar-refractivity contribution in [1.29, 1.82) is 0 Å². The van der Waals surface area contributed by atoms with E-state index in [0.717, 1.165) is 37.1 Å². The van der Waals surface area contributed by atoms with Gasteiger partial charge in [-0.2, -0.15) is 0 Å². The highest BCUT2D eigenvalue weighted by atomic mass is 16.5. The molecule has 2 unspecified atom stereocenters. The minimum Gasteiger partial charge on any atom is -0.383 e. The van der Waals surface area contributed by atoms with Crippen molar-refractivity contribution in [3.05, 3.63) is 47.4 Å². The van der Waals surface area contributed by atoms with Gasteiger partial charge in [-0.25, -0.2) is 9.97 Å². The van der Waals surface area contributed by atoms with E-state index in [1.165, 1.54) is 12.8 Å². The van der Waals surface area contributed by atoms with Crippen LogP contribution >= 0.6 is 0 Å². The molecule has 0 aromatic carbocycles. The summed E-state index contributed by atoms with van der Waals surface area (Å²) in [5.41, 5.74) is 3.13. The molecule has 36 heavy (non-hydrogen) atoms. The van der Waals surface area contributed by atoms with Crippen LogP contribution in [0.5, 0.6) is 0 Å². The topological polar surface area (TPSA) is 105 Å². The molecule has 0 aliphatic heterocycles. The monoisotopic (exact) mass is 485 g/mol. The standard InChI is InChI=1S/C27H31N7O2/c1-17-12-22(17)27(35)31-24-13-23-19(15-30-26(28-2)25(23)33-32-24)5-7-20-6-4-18(14-29-20)16-34(10-11-36-3)21-8-9-21/h4,6,13-15,17,21-22H,8-12,16H2,1-3H3,(H,28,30)(H,31,32,35). The van der Waals surface area contributed by atoms with Gasteiger partial charge < -0.3 is 15.4 Å². The molecular formula is C27H31N7O2. The second-order valence-electron chi connectivity index (χ2n) is 9.57. The number of pyridine rings is 2. The highest BCUT2D eigenvalue weighted by Gasteiger charge is 2.39. The van der Waals surface area contributed by atoms with Gasteiger partial charge in [-0.1, -0.05) is 18.9 Å². The van der Waals surface area contributed by atoms with Crippen LogP contribution in [0.3, 0.4) is 0 Å². The number of nitrogens with zero attached hydrogens (tertiary/aromatic N) is 5. The molecule has 3 heterocycles. The summed E-state index contributed by atoms with van der Waals surface area (Å²) in [6.45, 7) is 4.59. The summed E-state index contributed by atoms with van der Waals surface area (Å²) < 4.78 is 5.26. The third-order valence-electron chi connectivity index (χ3n) is 6.75. The van der Waals surface area contributed by atoms with Crippen LogP contribution < -0.4 is 10.6 Å². The van der Waals surface area contributed by atoms with E-state index in [4.69, 9.17) is 4.74 Å². The fourth-order valence-electron chi connectivity index (χ4n) is 4.28. The maximum Gasteiger partial charge on any atom is 0.228 e. The predicted molar refractivity (Wildman–Crippen MR) is 138 cm³/mol. The van der Waals surface area contributed by atoms with Crippen LogP contribution in [0.4, 0.5) is 11.6 Å². The van der Waals surface area contributed by atoms with E-state index >= 15 is 0 Å². The average Bonchev–Trinajstić information content (AvgIpc) is 3.82. The summed E-state index contributed by atoms with van der Waals surface area (Å²) in [6, 6.07) is 6.50. The van der Waals surface area contributed by atoms with Crippen LogP contribution in [0.15, 0.2) is 30.6 Å². The average molecular weight is 486 g/mol. The minimum absolute atomic E-state index is 0.0153. The van der Waals surface area contributed by atoms with E-state index < -0.39 is 0 Å². The van der Waals surface area contributed by atoms with Gasteiger partial charge in [0.05, 0.1) is 12.2 Å². The van der Waals surface area contributed by atoms with Gasteiger partial charge in [0.1, 0.15) is 11.2 Å². The second kappa shape index (κ2) is 10.6. The van der Waals surface area contributed by atoms with E-state index in [1.54, 1.807) is 20.4 Å². The van der Waals surface area contributed by atoms with Crippen molar-refractivity contribution >= 4 is 28.4 Å². The Morgan fingerprint density at radius 2 is 2.03 bits per heavy atom. The van der Waals surface area contributed by atoms with E-state index in [9.17, 15) is 4.79 Å². The fraction of sp³-hybridized carbons (Fsp3) is 0.444. The first-order valence-electron chi connectivity index (χ1n) is 12.4. The molecule has 2 fully saturated rings. The predicted octanol–water partition coefficient (Wildman–Crippen LogP) is 3.07. The van der Waals surface area contributed by atoms with Crippen molar-refractivity contribution in [2.45, 2.75) is 38.8 Å². The molecule has 0 radical (unpaired) electrons. The summed E-state index contributed by atoms with van der Waals surface area (Å²) >= 11 is 0. The van der Waals surface area contributed by atoms with Crippen LogP contribution in [-0.4, -0.2) is 64.3 Å². The molecule has 0 spiro atoms. The van der Waals surface area contributed by atoms with E-state index in [1.807, 2.05) is 18.3 Å². The van der Waals surface area contributed by atoms with Crippen molar-refractivity contribution in [3.8, 4) is 11.8 Å². The number of hydrogen-bond acceptors (Lipinski definition) is 8. The lowest BCUT2D eigenvalue weighted by Crippen LogP contribution is -2.29. The lowest BCUT2D eigenvalue weighted by atomic mass is 10.1. The van der Waals surface area contributed by atoms with Crippen molar-refractivity contribution < 1.29 is 9.53 Å². The minimum atomic E-state index is -0.0153. The number of nitrogens with one attached hydrogen (secondary N) is 2. The quantitative estimate of drug-likeness (QED) is 0.446. The van der Waals surface area contributed by atoms with Crippen molar-refractivity contribution in [3.63, 3.8) is 0 Å². The number of hydrogen-bond donors (Lipinski definition) is 2. The number of amides is 1. The number of aromatic nitrogens is 4. The molecule has 2 atom stereocenters. The Morgan fingerprint density at radius 3 is 2.69 bits per heavy atom. The molecule has 2 aliphatic carbocycles. The smallest absolute Gasteiger partial charge is 0.228 e. The van der Waals surface area contributed by atoms with Crippen LogP contribution in [0, 0.1) is 23.7 Å². The maximum absolute atomic E-state index is 12.4. The zero-order chi connectivity index (χ0) is 25.1. The molecular weight excluding hydrogens is 454 g/mol. The first-order chi connectivity index (χ1) is 17.6. The molecule has 3 aromatic heterocycles. The molecule has 3 aromatic rings. The Hall–Kier alpha value is -3.61. The Kier molecular flexibility index (Phi) is 7.07. The number of methoxy groups -OCH3 is 1. The summed E-state index contributed by atoms with van der Waals surface area (Å²) in [4.78, 5) is 23.8. The summed E-state index contributed by atoms with van der Waals surface area (Å²) in [6.07, 6.45) is 7.02. The lowest BCUT2D eigenvalue weighted by Gasteiger charge is -2.21. The molecule has 186 valence electrons. The number of rotatable bonds is 9. The second-order valence-corrected chi connectivity index (χ2v) is 9.57. The van der Waals surface area contributed by atoms with Crippen molar-refractivity contribution in [1.82, 2.24) is 25.1 Å². The number of carbonyl (C=O) groups excluding carboxylic acids is 1. The van der Waals surface area contributed by atoms with Gasteiger partial charge in [-0.3, -0.25) is 9.69 Å². The van der Waals surface area contributed by atoms with Gasteiger partial charge in [0.2, 0.25) is 5.91 Å². The van der Waals surface area contributed by atoms with E-state index in [0.29, 0.717) is 40.4 Å². The van der Waals surface area contributed by atoms with E-state index in [2.05, 4.69) is 60.5 Å². The Labute approximate surface area is 211 Å². The van der Waals surface area contributed by atoms with Gasteiger partial charge in [-0.15, -0.1) is 10.2 Å². The molecule has 2 saturated carbocycles. The van der Waals surface area contributed by atoms with Gasteiger partial charge >= 0.3 is 0 Å². The van der Waals surface area contributed by atoms with Gasteiger partial charge in [0.15, 0.2) is 11.6 Å². The Morgan fingerprint density at radius 1 is 1.19 bits per heavy atom. The largest absolute Gasteiger partial charge is 0.383 e. The van der Waals surface area contributed by atoms with E-state index in [-0.39, 0.29) is 11.8 Å². The van der Waals surface area contributed by atoms with Gasteiger partial charge in [-0.05, 0) is 48.8 Å². The zero-order valence-electron chi connectivity index (χ0n) is 20.9. The zero-order valence-corrected chi connectivity index (χ0v) is 20.9. The first kappa shape index (κ1) is 24.1. The SMILES string of the molecule is CNc1ncc(C#Cc2ccc(CN(CCOC)C3CC3)cn2)c2cc(NC(=O)C3CC3C)nnc12. The lowest BCUT2D eigenvalue weighted by molar-refractivity contribution is -0.117. The highest BCUT2D eigenvalue weighted by Crippen LogP contribution is 2.38. The summed E-state index contributed by atoms with van der Waals surface area (Å²) in [5, 5.41) is 15.2. The number of anilines is 2. The summed E-state index contributed by atoms with van der Waals surface area (Å²) in [7, 11) is 3.52. The highest BCUT2D eigenvalue weighted by molar-refractivity contribution is 5.97.